The lowest BCUT2D eigenvalue weighted by Crippen LogP contribution is -2.02. The highest BCUT2D eigenvalue weighted by Crippen LogP contribution is 2.12. The molecule has 0 heterocycles. The minimum atomic E-state index is -0.967. The van der Waals surface area contributed by atoms with Gasteiger partial charge in [0.1, 0.15) is 0 Å². The minimum Gasteiger partial charge on any atom is -0.478 e. The summed E-state index contributed by atoms with van der Waals surface area (Å²) in [6.45, 7) is 1.85. The Labute approximate surface area is 116 Å². The van der Waals surface area contributed by atoms with Crippen molar-refractivity contribution in [2.45, 2.75) is 6.92 Å². The summed E-state index contributed by atoms with van der Waals surface area (Å²) < 4.78 is 0. The van der Waals surface area contributed by atoms with Crippen molar-refractivity contribution in [2.24, 2.45) is 5.10 Å². The van der Waals surface area contributed by atoms with E-state index in [2.05, 4.69) is 10.5 Å². The molecule has 2 aromatic rings. The van der Waals surface area contributed by atoms with Gasteiger partial charge in [-0.1, -0.05) is 18.2 Å². The number of rotatable bonds is 4. The third-order valence-electron chi connectivity index (χ3n) is 2.77. The summed E-state index contributed by atoms with van der Waals surface area (Å²) in [4.78, 5) is 10.9. The van der Waals surface area contributed by atoms with E-state index in [0.29, 0.717) is 11.4 Å². The zero-order valence-corrected chi connectivity index (χ0v) is 11.0. The standard InChI is InChI=1S/C15H15N3O2/c1-10(11-4-2-6-13(16)8-11)17-18-14-7-3-5-12(9-14)15(19)20/h2-9,18H,16H2,1H3,(H,19,20)/b17-10-. The first-order chi connectivity index (χ1) is 9.56. The van der Waals surface area contributed by atoms with Crippen LogP contribution < -0.4 is 11.2 Å². The second kappa shape index (κ2) is 5.88. The number of aromatic carboxylic acids is 1. The van der Waals surface area contributed by atoms with Gasteiger partial charge in [-0.15, -0.1) is 0 Å². The SMILES string of the molecule is C/C(=N/Nc1cccc(C(=O)O)c1)c1cccc(N)c1. The lowest BCUT2D eigenvalue weighted by atomic mass is 10.1. The van der Waals surface area contributed by atoms with Crippen LogP contribution >= 0.6 is 0 Å². The molecule has 0 bridgehead atoms. The third-order valence-corrected chi connectivity index (χ3v) is 2.77. The van der Waals surface area contributed by atoms with E-state index >= 15 is 0 Å². The summed E-state index contributed by atoms with van der Waals surface area (Å²) in [6, 6.07) is 13.9. The van der Waals surface area contributed by atoms with Crippen molar-refractivity contribution >= 4 is 23.1 Å². The average molecular weight is 269 g/mol. The molecule has 0 aromatic heterocycles. The van der Waals surface area contributed by atoms with Gasteiger partial charge in [0.2, 0.25) is 0 Å². The lowest BCUT2D eigenvalue weighted by molar-refractivity contribution is 0.0697. The fourth-order valence-corrected chi connectivity index (χ4v) is 1.70. The monoisotopic (exact) mass is 269 g/mol. The number of hydrogen-bond acceptors (Lipinski definition) is 4. The summed E-state index contributed by atoms with van der Waals surface area (Å²) in [5, 5.41) is 13.1. The smallest absolute Gasteiger partial charge is 0.335 e. The molecule has 0 radical (unpaired) electrons. The fourth-order valence-electron chi connectivity index (χ4n) is 1.70. The molecule has 0 amide bonds. The van der Waals surface area contributed by atoms with Crippen LogP contribution in [0.15, 0.2) is 53.6 Å². The van der Waals surface area contributed by atoms with Gasteiger partial charge in [-0.3, -0.25) is 5.43 Å². The Bertz CT molecular complexity index is 666. The van der Waals surface area contributed by atoms with Gasteiger partial charge >= 0.3 is 5.97 Å². The Hall–Kier alpha value is -2.82. The first-order valence-electron chi connectivity index (χ1n) is 6.06. The molecule has 0 aliphatic carbocycles. The van der Waals surface area contributed by atoms with Gasteiger partial charge < -0.3 is 10.8 Å². The van der Waals surface area contributed by atoms with E-state index in [0.717, 1.165) is 11.3 Å². The number of carbonyl (C=O) groups is 1. The lowest BCUT2D eigenvalue weighted by Gasteiger charge is -2.05. The van der Waals surface area contributed by atoms with Crippen molar-refractivity contribution in [3.8, 4) is 0 Å². The minimum absolute atomic E-state index is 0.215. The molecule has 0 spiro atoms. The Morgan fingerprint density at radius 3 is 2.55 bits per heavy atom. The quantitative estimate of drug-likeness (QED) is 0.452. The van der Waals surface area contributed by atoms with Crippen LogP contribution in [0.1, 0.15) is 22.8 Å². The van der Waals surface area contributed by atoms with Crippen molar-refractivity contribution in [1.82, 2.24) is 0 Å². The molecule has 0 aliphatic rings. The Balaban J connectivity index is 2.16. The average Bonchev–Trinajstić information content (AvgIpc) is 2.45. The number of carboxylic acid groups (broad SMARTS) is 1. The summed E-state index contributed by atoms with van der Waals surface area (Å²) in [5.74, 6) is -0.967. The summed E-state index contributed by atoms with van der Waals surface area (Å²) in [7, 11) is 0. The van der Waals surface area contributed by atoms with E-state index in [4.69, 9.17) is 10.8 Å². The van der Waals surface area contributed by atoms with E-state index in [1.54, 1.807) is 18.2 Å². The summed E-state index contributed by atoms with van der Waals surface area (Å²) in [6.07, 6.45) is 0. The van der Waals surface area contributed by atoms with Crippen molar-refractivity contribution in [2.75, 3.05) is 11.2 Å². The first-order valence-corrected chi connectivity index (χ1v) is 6.06. The number of hydrazone groups is 1. The van der Waals surface area contributed by atoms with Crippen LogP contribution in [-0.4, -0.2) is 16.8 Å². The predicted molar refractivity (Wildman–Crippen MR) is 80.1 cm³/mol. The van der Waals surface area contributed by atoms with Crippen LogP contribution in [0.2, 0.25) is 0 Å². The Morgan fingerprint density at radius 1 is 1.15 bits per heavy atom. The number of carboxylic acids is 1. The highest BCUT2D eigenvalue weighted by molar-refractivity contribution is 5.99. The van der Waals surface area contributed by atoms with Gasteiger partial charge in [-0.05, 0) is 42.8 Å². The molecule has 20 heavy (non-hydrogen) atoms. The normalized spacial score (nSPS) is 11.2. The molecule has 0 aliphatic heterocycles. The maximum absolute atomic E-state index is 10.9. The molecule has 0 saturated heterocycles. The van der Waals surface area contributed by atoms with Gasteiger partial charge in [-0.2, -0.15) is 5.10 Å². The molecule has 0 atom stereocenters. The van der Waals surface area contributed by atoms with Gasteiger partial charge in [-0.25, -0.2) is 4.79 Å². The number of nitrogens with one attached hydrogen (secondary N) is 1. The maximum atomic E-state index is 10.9. The van der Waals surface area contributed by atoms with Crippen molar-refractivity contribution in [3.63, 3.8) is 0 Å². The summed E-state index contributed by atoms with van der Waals surface area (Å²) in [5.41, 5.74) is 11.7. The molecule has 4 N–H and O–H groups in total. The first kappa shape index (κ1) is 13.6. The van der Waals surface area contributed by atoms with Crippen molar-refractivity contribution < 1.29 is 9.90 Å². The summed E-state index contributed by atoms with van der Waals surface area (Å²) >= 11 is 0. The molecule has 2 rings (SSSR count). The topological polar surface area (TPSA) is 87.7 Å². The van der Waals surface area contributed by atoms with E-state index in [-0.39, 0.29) is 5.56 Å². The number of benzene rings is 2. The highest BCUT2D eigenvalue weighted by atomic mass is 16.4. The van der Waals surface area contributed by atoms with Crippen LogP contribution in [0.5, 0.6) is 0 Å². The maximum Gasteiger partial charge on any atom is 0.335 e. The third kappa shape index (κ3) is 3.35. The number of nitrogens with zero attached hydrogens (tertiary/aromatic N) is 1. The molecule has 5 nitrogen and oxygen atoms in total. The predicted octanol–water partition coefficient (Wildman–Crippen LogP) is 2.80. The molecule has 2 aromatic carbocycles. The van der Waals surface area contributed by atoms with Crippen LogP contribution in [0.4, 0.5) is 11.4 Å². The second-order valence-electron chi connectivity index (χ2n) is 4.32. The zero-order valence-electron chi connectivity index (χ0n) is 11.0. The Morgan fingerprint density at radius 2 is 1.85 bits per heavy atom. The zero-order chi connectivity index (χ0) is 14.5. The molecule has 0 fully saturated rings. The number of hydrogen-bond donors (Lipinski definition) is 3. The van der Waals surface area contributed by atoms with Crippen LogP contribution in [-0.2, 0) is 0 Å². The van der Waals surface area contributed by atoms with E-state index < -0.39 is 5.97 Å². The molecule has 0 unspecified atom stereocenters. The fraction of sp³-hybridized carbons (Fsp3) is 0.0667. The van der Waals surface area contributed by atoms with Crippen LogP contribution in [0.3, 0.4) is 0 Å². The van der Waals surface area contributed by atoms with Crippen molar-refractivity contribution in [1.29, 1.82) is 0 Å². The second-order valence-corrected chi connectivity index (χ2v) is 4.32. The number of nitrogen functional groups attached to an aromatic ring is 1. The van der Waals surface area contributed by atoms with Gasteiger partial charge in [0.05, 0.1) is 17.0 Å². The highest BCUT2D eigenvalue weighted by Gasteiger charge is 2.03. The van der Waals surface area contributed by atoms with Crippen LogP contribution in [0, 0.1) is 0 Å². The van der Waals surface area contributed by atoms with Crippen LogP contribution in [0.25, 0.3) is 0 Å². The van der Waals surface area contributed by atoms with E-state index in [1.165, 1.54) is 12.1 Å². The molecular formula is C15H15N3O2. The van der Waals surface area contributed by atoms with E-state index in [9.17, 15) is 4.79 Å². The van der Waals surface area contributed by atoms with Gasteiger partial charge in [0, 0.05) is 5.69 Å². The molecule has 5 heteroatoms. The number of nitrogens with two attached hydrogens (primary N) is 1. The van der Waals surface area contributed by atoms with Crippen molar-refractivity contribution in [3.05, 3.63) is 59.7 Å². The largest absolute Gasteiger partial charge is 0.478 e. The Kier molecular flexibility index (Phi) is 4.00. The van der Waals surface area contributed by atoms with Gasteiger partial charge in [0.25, 0.3) is 0 Å². The van der Waals surface area contributed by atoms with E-state index in [1.807, 2.05) is 25.1 Å². The molecular weight excluding hydrogens is 254 g/mol. The molecule has 0 saturated carbocycles. The molecule has 102 valence electrons. The van der Waals surface area contributed by atoms with Gasteiger partial charge in [0.15, 0.2) is 0 Å². The number of anilines is 2.